The average molecular weight is 238 g/mol. The summed E-state index contributed by atoms with van der Waals surface area (Å²) < 4.78 is 22.9. The van der Waals surface area contributed by atoms with Crippen LogP contribution in [-0.4, -0.2) is 19.7 Å². The first kappa shape index (κ1) is 13.2. The van der Waals surface area contributed by atoms with E-state index in [4.69, 9.17) is 4.74 Å². The molecule has 0 N–H and O–H groups in total. The van der Waals surface area contributed by atoms with Crippen molar-refractivity contribution in [2.75, 3.05) is 13.7 Å². The maximum atomic E-state index is 13.1. The number of halogens is 1. The van der Waals surface area contributed by atoms with E-state index < -0.39 is 0 Å². The van der Waals surface area contributed by atoms with Crippen LogP contribution in [0.2, 0.25) is 0 Å². The lowest BCUT2D eigenvalue weighted by atomic mass is 10.1. The molecule has 0 saturated carbocycles. The van der Waals surface area contributed by atoms with Crippen LogP contribution in [-0.2, 0) is 9.53 Å². The van der Waals surface area contributed by atoms with Crippen LogP contribution < -0.4 is 4.74 Å². The van der Waals surface area contributed by atoms with Crippen LogP contribution in [0.1, 0.15) is 18.9 Å². The van der Waals surface area contributed by atoms with Crippen LogP contribution >= 0.6 is 0 Å². The zero-order valence-corrected chi connectivity index (χ0v) is 9.90. The molecular formula is C13H15FO3. The number of esters is 1. The summed E-state index contributed by atoms with van der Waals surface area (Å²) in [6, 6.07) is 4.26. The van der Waals surface area contributed by atoms with Crippen molar-refractivity contribution in [2.45, 2.75) is 13.3 Å². The molecule has 0 atom stereocenters. The maximum absolute atomic E-state index is 13.1. The van der Waals surface area contributed by atoms with Gasteiger partial charge in [0.05, 0.1) is 20.1 Å². The van der Waals surface area contributed by atoms with Crippen LogP contribution in [0, 0.1) is 5.82 Å². The predicted octanol–water partition coefficient (Wildman–Crippen LogP) is 2.80. The Balaban J connectivity index is 2.80. The van der Waals surface area contributed by atoms with E-state index in [0.717, 1.165) is 0 Å². The first-order valence-electron chi connectivity index (χ1n) is 5.33. The van der Waals surface area contributed by atoms with Gasteiger partial charge in [0.2, 0.25) is 0 Å². The summed E-state index contributed by atoms with van der Waals surface area (Å²) in [4.78, 5) is 10.9. The zero-order chi connectivity index (χ0) is 12.7. The van der Waals surface area contributed by atoms with Crippen LogP contribution in [0.15, 0.2) is 24.3 Å². The fraction of sp³-hybridized carbons (Fsp3) is 0.308. The third kappa shape index (κ3) is 4.26. The normalized spacial score (nSPS) is 10.5. The van der Waals surface area contributed by atoms with Crippen molar-refractivity contribution in [1.82, 2.24) is 0 Å². The fourth-order valence-corrected chi connectivity index (χ4v) is 1.30. The highest BCUT2D eigenvalue weighted by Crippen LogP contribution is 2.21. The van der Waals surface area contributed by atoms with E-state index in [9.17, 15) is 9.18 Å². The molecule has 1 rings (SSSR count). The SMILES string of the molecule is CCOc1ccc(F)cc1C=CCC(=O)OC. The molecule has 0 amide bonds. The Morgan fingerprint density at radius 3 is 2.88 bits per heavy atom. The average Bonchev–Trinajstić information content (AvgIpc) is 2.32. The molecule has 1 aromatic rings. The predicted molar refractivity (Wildman–Crippen MR) is 63.2 cm³/mol. The molecule has 0 bridgehead atoms. The van der Waals surface area contributed by atoms with Gasteiger partial charge < -0.3 is 9.47 Å². The summed E-state index contributed by atoms with van der Waals surface area (Å²) >= 11 is 0. The molecule has 0 aliphatic rings. The highest BCUT2D eigenvalue weighted by Gasteiger charge is 2.02. The van der Waals surface area contributed by atoms with Crippen molar-refractivity contribution in [3.05, 3.63) is 35.7 Å². The smallest absolute Gasteiger partial charge is 0.309 e. The summed E-state index contributed by atoms with van der Waals surface area (Å²) in [5.41, 5.74) is 0.607. The van der Waals surface area contributed by atoms with Gasteiger partial charge in [-0.1, -0.05) is 12.2 Å². The number of hydrogen-bond donors (Lipinski definition) is 0. The molecule has 4 heteroatoms. The van der Waals surface area contributed by atoms with Gasteiger partial charge >= 0.3 is 5.97 Å². The van der Waals surface area contributed by atoms with Crippen molar-refractivity contribution in [1.29, 1.82) is 0 Å². The van der Waals surface area contributed by atoms with Gasteiger partial charge in [0.15, 0.2) is 0 Å². The van der Waals surface area contributed by atoms with Crippen LogP contribution in [0.5, 0.6) is 5.75 Å². The molecule has 92 valence electrons. The second kappa shape index (κ2) is 6.68. The van der Waals surface area contributed by atoms with E-state index in [2.05, 4.69) is 4.74 Å². The van der Waals surface area contributed by atoms with E-state index in [-0.39, 0.29) is 18.2 Å². The molecule has 3 nitrogen and oxygen atoms in total. The lowest BCUT2D eigenvalue weighted by Gasteiger charge is -2.06. The van der Waals surface area contributed by atoms with Gasteiger partial charge in [0.1, 0.15) is 11.6 Å². The molecule has 1 aromatic carbocycles. The highest BCUT2D eigenvalue weighted by atomic mass is 19.1. The van der Waals surface area contributed by atoms with Gasteiger partial charge in [0.25, 0.3) is 0 Å². The van der Waals surface area contributed by atoms with Gasteiger partial charge in [-0.2, -0.15) is 0 Å². The van der Waals surface area contributed by atoms with Crippen LogP contribution in [0.25, 0.3) is 6.08 Å². The number of carbonyl (C=O) groups excluding carboxylic acids is 1. The van der Waals surface area contributed by atoms with Gasteiger partial charge in [-0.25, -0.2) is 4.39 Å². The lowest BCUT2D eigenvalue weighted by molar-refractivity contribution is -0.139. The Morgan fingerprint density at radius 2 is 2.24 bits per heavy atom. The third-order valence-corrected chi connectivity index (χ3v) is 2.08. The summed E-state index contributed by atoms with van der Waals surface area (Å²) in [7, 11) is 1.32. The van der Waals surface area contributed by atoms with Gasteiger partial charge in [0, 0.05) is 5.56 Å². The molecule has 0 aromatic heterocycles. The van der Waals surface area contributed by atoms with E-state index in [1.54, 1.807) is 18.2 Å². The molecule has 0 saturated heterocycles. The molecule has 0 spiro atoms. The molecule has 0 aliphatic heterocycles. The largest absolute Gasteiger partial charge is 0.493 e. The van der Waals surface area contributed by atoms with Crippen LogP contribution in [0.4, 0.5) is 4.39 Å². The van der Waals surface area contributed by atoms with Gasteiger partial charge in [-0.05, 0) is 25.1 Å². The number of carbonyl (C=O) groups is 1. The Morgan fingerprint density at radius 1 is 1.47 bits per heavy atom. The van der Waals surface area contributed by atoms with Crippen molar-refractivity contribution in [3.8, 4) is 5.75 Å². The first-order valence-corrected chi connectivity index (χ1v) is 5.33. The molecular weight excluding hydrogens is 223 g/mol. The molecule has 0 heterocycles. The Labute approximate surface area is 99.9 Å². The van der Waals surface area contributed by atoms with Gasteiger partial charge in [-0.3, -0.25) is 4.79 Å². The number of methoxy groups -OCH3 is 1. The standard InChI is InChI=1S/C13H15FO3/c1-3-17-12-8-7-11(14)9-10(12)5-4-6-13(15)16-2/h4-5,7-9H,3,6H2,1-2H3. The Bertz CT molecular complexity index is 413. The first-order chi connectivity index (χ1) is 8.17. The minimum Gasteiger partial charge on any atom is -0.493 e. The van der Waals surface area contributed by atoms with Crippen molar-refractivity contribution in [3.63, 3.8) is 0 Å². The maximum Gasteiger partial charge on any atom is 0.309 e. The van der Waals surface area contributed by atoms with E-state index in [1.165, 1.54) is 19.2 Å². The van der Waals surface area contributed by atoms with Crippen molar-refractivity contribution >= 4 is 12.0 Å². The van der Waals surface area contributed by atoms with E-state index in [0.29, 0.717) is 17.9 Å². The van der Waals surface area contributed by atoms with E-state index in [1.807, 2.05) is 6.92 Å². The molecule has 0 aliphatic carbocycles. The molecule has 17 heavy (non-hydrogen) atoms. The molecule has 0 unspecified atom stereocenters. The number of benzene rings is 1. The minimum atomic E-state index is -0.342. The minimum absolute atomic E-state index is 0.151. The second-order valence-corrected chi connectivity index (χ2v) is 3.30. The summed E-state index contributed by atoms with van der Waals surface area (Å²) in [6.07, 6.45) is 3.41. The summed E-state index contributed by atoms with van der Waals surface area (Å²) in [5, 5.41) is 0. The van der Waals surface area contributed by atoms with Crippen molar-refractivity contribution in [2.24, 2.45) is 0 Å². The number of ether oxygens (including phenoxy) is 2. The molecule has 0 radical (unpaired) electrons. The quantitative estimate of drug-likeness (QED) is 0.740. The fourth-order valence-electron chi connectivity index (χ4n) is 1.30. The van der Waals surface area contributed by atoms with Crippen molar-refractivity contribution < 1.29 is 18.7 Å². The van der Waals surface area contributed by atoms with Gasteiger partial charge in [-0.15, -0.1) is 0 Å². The topological polar surface area (TPSA) is 35.5 Å². The zero-order valence-electron chi connectivity index (χ0n) is 9.90. The van der Waals surface area contributed by atoms with E-state index >= 15 is 0 Å². The monoisotopic (exact) mass is 238 g/mol. The lowest BCUT2D eigenvalue weighted by Crippen LogP contribution is -1.97. The number of hydrogen-bond acceptors (Lipinski definition) is 3. The summed E-state index contributed by atoms with van der Waals surface area (Å²) in [5.74, 6) is -0.0863. The number of rotatable bonds is 5. The third-order valence-electron chi connectivity index (χ3n) is 2.08. The Kier molecular flexibility index (Phi) is 5.20. The molecule has 0 fully saturated rings. The van der Waals surface area contributed by atoms with Crippen LogP contribution in [0.3, 0.4) is 0 Å². The highest BCUT2D eigenvalue weighted by molar-refractivity contribution is 5.73. The Hall–Kier alpha value is -1.84. The summed E-state index contributed by atoms with van der Waals surface area (Å²) in [6.45, 7) is 2.36. The second-order valence-electron chi connectivity index (χ2n) is 3.30.